The van der Waals surface area contributed by atoms with E-state index in [4.69, 9.17) is 9.47 Å². The minimum atomic E-state index is 0.776. The highest BCUT2D eigenvalue weighted by atomic mass is 16.5. The van der Waals surface area contributed by atoms with Gasteiger partial charge in [-0.2, -0.15) is 0 Å². The number of hydrogen-bond acceptors (Lipinski definition) is 4. The molecule has 3 rings (SSSR count). The molecule has 5 heteroatoms. The molecule has 1 aliphatic rings. The van der Waals surface area contributed by atoms with Crippen molar-refractivity contribution in [3.8, 4) is 22.8 Å². The van der Waals surface area contributed by atoms with Crippen LogP contribution in [0, 0.1) is 0 Å². The van der Waals surface area contributed by atoms with Gasteiger partial charge in [0, 0.05) is 30.9 Å². The third-order valence-electron chi connectivity index (χ3n) is 3.32. The van der Waals surface area contributed by atoms with Crippen molar-refractivity contribution in [1.29, 1.82) is 0 Å². The minimum Gasteiger partial charge on any atom is -0.497 e. The van der Waals surface area contributed by atoms with Crippen LogP contribution < -0.4 is 14.8 Å². The normalized spacial score (nSPS) is 14.0. The first-order valence-electron chi connectivity index (χ1n) is 6.30. The van der Waals surface area contributed by atoms with E-state index in [2.05, 4.69) is 21.1 Å². The second kappa shape index (κ2) is 4.93. The molecule has 0 fully saturated rings. The number of imidazole rings is 1. The van der Waals surface area contributed by atoms with Gasteiger partial charge in [0.15, 0.2) is 0 Å². The van der Waals surface area contributed by atoms with Crippen LogP contribution in [0.25, 0.3) is 11.3 Å². The number of hydrogen-bond donors (Lipinski definition) is 1. The molecule has 0 aliphatic carbocycles. The highest BCUT2D eigenvalue weighted by Crippen LogP contribution is 2.29. The second-order valence-corrected chi connectivity index (χ2v) is 4.51. The Labute approximate surface area is 112 Å². The third kappa shape index (κ3) is 2.29. The van der Waals surface area contributed by atoms with Crippen LogP contribution in [0.4, 0.5) is 0 Å². The number of ether oxygens (including phenoxy) is 2. The first kappa shape index (κ1) is 12.0. The molecule has 0 unspecified atom stereocenters. The van der Waals surface area contributed by atoms with E-state index < -0.39 is 0 Å². The number of benzene rings is 1. The summed E-state index contributed by atoms with van der Waals surface area (Å²) in [6.07, 6.45) is 2.09. The molecule has 0 spiro atoms. The molecule has 1 aromatic heterocycles. The summed E-state index contributed by atoms with van der Waals surface area (Å²) in [7, 11) is 3.31. The monoisotopic (exact) mass is 259 g/mol. The molecule has 1 N–H and O–H groups in total. The zero-order valence-electron chi connectivity index (χ0n) is 11.1. The summed E-state index contributed by atoms with van der Waals surface area (Å²) in [5.74, 6) is 2.62. The van der Waals surface area contributed by atoms with E-state index in [9.17, 15) is 0 Å². The van der Waals surface area contributed by atoms with Gasteiger partial charge < -0.3 is 19.4 Å². The maximum atomic E-state index is 5.29. The number of nitrogens with one attached hydrogen (secondary N) is 1. The van der Waals surface area contributed by atoms with Crippen molar-refractivity contribution in [1.82, 2.24) is 14.9 Å². The summed E-state index contributed by atoms with van der Waals surface area (Å²) in [6.45, 7) is 2.77. The van der Waals surface area contributed by atoms with Crippen molar-refractivity contribution < 1.29 is 9.47 Å². The lowest BCUT2D eigenvalue weighted by Gasteiger charge is -2.13. The molecule has 5 nitrogen and oxygen atoms in total. The zero-order valence-corrected chi connectivity index (χ0v) is 11.1. The van der Waals surface area contributed by atoms with Crippen LogP contribution in [0.2, 0.25) is 0 Å². The average molecular weight is 259 g/mol. The Morgan fingerprint density at radius 1 is 1.16 bits per heavy atom. The van der Waals surface area contributed by atoms with Gasteiger partial charge in [-0.3, -0.25) is 0 Å². The van der Waals surface area contributed by atoms with Crippen LogP contribution in [-0.2, 0) is 13.1 Å². The van der Waals surface area contributed by atoms with E-state index in [-0.39, 0.29) is 0 Å². The highest BCUT2D eigenvalue weighted by molar-refractivity contribution is 5.63. The van der Waals surface area contributed by atoms with E-state index in [1.807, 2.05) is 18.2 Å². The van der Waals surface area contributed by atoms with Gasteiger partial charge >= 0.3 is 0 Å². The fraction of sp³-hybridized carbons (Fsp3) is 0.357. The van der Waals surface area contributed by atoms with E-state index in [0.29, 0.717) is 0 Å². The molecule has 1 aliphatic heterocycles. The molecule has 19 heavy (non-hydrogen) atoms. The number of fused-ring (bicyclic) bond motifs is 1. The number of aromatic nitrogens is 2. The van der Waals surface area contributed by atoms with Gasteiger partial charge in [-0.05, 0) is 12.1 Å². The summed E-state index contributed by atoms with van der Waals surface area (Å²) >= 11 is 0. The molecule has 2 heterocycles. The third-order valence-corrected chi connectivity index (χ3v) is 3.32. The predicted octanol–water partition coefficient (Wildman–Crippen LogP) is 1.67. The molecule has 0 bridgehead atoms. The SMILES string of the molecule is COc1cc(OC)cc(-c2cn3c(n2)CNCC3)c1. The Morgan fingerprint density at radius 2 is 1.89 bits per heavy atom. The van der Waals surface area contributed by atoms with E-state index in [0.717, 1.165) is 48.2 Å². The number of rotatable bonds is 3. The molecule has 0 amide bonds. The number of methoxy groups -OCH3 is 2. The Kier molecular flexibility index (Phi) is 3.13. The van der Waals surface area contributed by atoms with Gasteiger partial charge in [-0.1, -0.05) is 0 Å². The lowest BCUT2D eigenvalue weighted by atomic mass is 10.1. The van der Waals surface area contributed by atoms with Crippen LogP contribution in [0.3, 0.4) is 0 Å². The first-order valence-corrected chi connectivity index (χ1v) is 6.30. The quantitative estimate of drug-likeness (QED) is 0.911. The summed E-state index contributed by atoms with van der Waals surface area (Å²) in [4.78, 5) is 4.66. The minimum absolute atomic E-state index is 0.776. The van der Waals surface area contributed by atoms with Gasteiger partial charge in [0.05, 0.1) is 26.5 Å². The predicted molar refractivity (Wildman–Crippen MR) is 72.5 cm³/mol. The maximum absolute atomic E-state index is 5.29. The first-order chi connectivity index (χ1) is 9.30. The maximum Gasteiger partial charge on any atom is 0.123 e. The van der Waals surface area contributed by atoms with Gasteiger partial charge in [0.25, 0.3) is 0 Å². The van der Waals surface area contributed by atoms with Crippen LogP contribution in [0.15, 0.2) is 24.4 Å². The molecular formula is C14H17N3O2. The largest absolute Gasteiger partial charge is 0.497 e. The Morgan fingerprint density at radius 3 is 2.53 bits per heavy atom. The Balaban J connectivity index is 2.03. The standard InChI is InChI=1S/C14H17N3O2/c1-18-11-5-10(6-12(7-11)19-2)13-9-17-4-3-15-8-14(17)16-13/h5-7,9,15H,3-4,8H2,1-2H3. The van der Waals surface area contributed by atoms with Crippen molar-refractivity contribution >= 4 is 0 Å². The van der Waals surface area contributed by atoms with Gasteiger partial charge in [0.1, 0.15) is 17.3 Å². The fourth-order valence-electron chi connectivity index (χ4n) is 2.28. The van der Waals surface area contributed by atoms with Crippen LogP contribution >= 0.6 is 0 Å². The fourth-order valence-corrected chi connectivity index (χ4v) is 2.28. The Hall–Kier alpha value is -2.01. The van der Waals surface area contributed by atoms with Crippen LogP contribution in [0.5, 0.6) is 11.5 Å². The molecular weight excluding hydrogens is 242 g/mol. The molecule has 0 atom stereocenters. The molecule has 0 radical (unpaired) electrons. The average Bonchev–Trinajstić information content (AvgIpc) is 2.90. The smallest absolute Gasteiger partial charge is 0.123 e. The Bertz CT molecular complexity index is 547. The zero-order chi connectivity index (χ0) is 13.2. The van der Waals surface area contributed by atoms with Crippen molar-refractivity contribution in [2.45, 2.75) is 13.1 Å². The summed E-state index contributed by atoms with van der Waals surface area (Å²) in [5, 5.41) is 3.32. The van der Waals surface area contributed by atoms with Gasteiger partial charge in [-0.25, -0.2) is 4.98 Å². The van der Waals surface area contributed by atoms with Gasteiger partial charge in [-0.15, -0.1) is 0 Å². The van der Waals surface area contributed by atoms with Gasteiger partial charge in [0.2, 0.25) is 0 Å². The highest BCUT2D eigenvalue weighted by Gasteiger charge is 2.14. The molecule has 2 aromatic rings. The van der Waals surface area contributed by atoms with E-state index >= 15 is 0 Å². The molecule has 100 valence electrons. The van der Waals surface area contributed by atoms with Crippen molar-refractivity contribution in [3.05, 3.63) is 30.2 Å². The topological polar surface area (TPSA) is 48.3 Å². The second-order valence-electron chi connectivity index (χ2n) is 4.51. The molecule has 1 aromatic carbocycles. The summed E-state index contributed by atoms with van der Waals surface area (Å²) in [5.41, 5.74) is 1.97. The molecule has 0 saturated carbocycles. The van der Waals surface area contributed by atoms with Crippen molar-refractivity contribution in [3.63, 3.8) is 0 Å². The van der Waals surface area contributed by atoms with E-state index in [1.165, 1.54) is 0 Å². The lowest BCUT2D eigenvalue weighted by molar-refractivity contribution is 0.394. The van der Waals surface area contributed by atoms with Crippen LogP contribution in [0.1, 0.15) is 5.82 Å². The lowest BCUT2D eigenvalue weighted by Crippen LogP contribution is -2.27. The van der Waals surface area contributed by atoms with Crippen molar-refractivity contribution in [2.75, 3.05) is 20.8 Å². The van der Waals surface area contributed by atoms with Crippen LogP contribution in [-0.4, -0.2) is 30.3 Å². The van der Waals surface area contributed by atoms with Crippen molar-refractivity contribution in [2.24, 2.45) is 0 Å². The number of nitrogens with zero attached hydrogens (tertiary/aromatic N) is 2. The summed E-state index contributed by atoms with van der Waals surface area (Å²) < 4.78 is 12.8. The summed E-state index contributed by atoms with van der Waals surface area (Å²) in [6, 6.07) is 5.82. The van der Waals surface area contributed by atoms with E-state index in [1.54, 1.807) is 14.2 Å². The molecule has 0 saturated heterocycles.